The molecule has 0 saturated carbocycles. The van der Waals surface area contributed by atoms with E-state index in [1.807, 2.05) is 30.3 Å². The number of aromatic nitrogens is 1. The molecule has 0 bridgehead atoms. The minimum Gasteiger partial charge on any atom is -0.494 e. The van der Waals surface area contributed by atoms with Crippen molar-refractivity contribution in [2.24, 2.45) is 0 Å². The van der Waals surface area contributed by atoms with Crippen LogP contribution in [0.2, 0.25) is 0 Å². The van der Waals surface area contributed by atoms with Crippen molar-refractivity contribution in [3.05, 3.63) is 53.6 Å². The highest BCUT2D eigenvalue weighted by Gasteiger charge is 2.11. The second kappa shape index (κ2) is 7.11. The Morgan fingerprint density at radius 3 is 2.79 bits per heavy atom. The lowest BCUT2D eigenvalue weighted by Crippen LogP contribution is -2.12. The molecule has 0 saturated heterocycles. The van der Waals surface area contributed by atoms with E-state index in [-0.39, 0.29) is 5.91 Å². The smallest absolute Gasteiger partial charge is 0.226 e. The summed E-state index contributed by atoms with van der Waals surface area (Å²) in [5.41, 5.74) is 2.40. The molecule has 0 atom stereocenters. The molecule has 6 heteroatoms. The first-order valence-corrected chi connectivity index (χ1v) is 8.23. The molecule has 0 unspecified atom stereocenters. The Balaban J connectivity index is 1.63. The summed E-state index contributed by atoms with van der Waals surface area (Å²) in [4.78, 5) is 16.5. The van der Waals surface area contributed by atoms with Crippen molar-refractivity contribution in [1.82, 2.24) is 4.98 Å². The van der Waals surface area contributed by atoms with Crippen molar-refractivity contribution in [3.63, 3.8) is 0 Å². The van der Waals surface area contributed by atoms with Crippen LogP contribution in [-0.2, 0) is 11.2 Å². The SMILES string of the molecule is COc1cccc2sc(NC(=O)CCc3ccc(C#N)cc3)nc12. The molecule has 2 aromatic carbocycles. The molecule has 1 N–H and O–H groups in total. The van der Waals surface area contributed by atoms with E-state index in [9.17, 15) is 4.79 Å². The van der Waals surface area contributed by atoms with Gasteiger partial charge < -0.3 is 10.1 Å². The standard InChI is InChI=1S/C18H15N3O2S/c1-23-14-3-2-4-15-17(14)21-18(24-15)20-16(22)10-9-12-5-7-13(11-19)8-6-12/h2-8H,9-10H2,1H3,(H,20,21,22). The number of benzene rings is 2. The fourth-order valence-electron chi connectivity index (χ4n) is 2.33. The number of aryl methyl sites for hydroxylation is 1. The van der Waals surface area contributed by atoms with Crippen LogP contribution in [-0.4, -0.2) is 18.0 Å². The van der Waals surface area contributed by atoms with Crippen LogP contribution in [0.5, 0.6) is 5.75 Å². The number of amides is 1. The molecule has 1 heterocycles. The topological polar surface area (TPSA) is 75.0 Å². The second-order valence-corrected chi connectivity index (χ2v) is 6.21. The fourth-order valence-corrected chi connectivity index (χ4v) is 3.23. The van der Waals surface area contributed by atoms with Gasteiger partial charge in [-0.2, -0.15) is 5.26 Å². The van der Waals surface area contributed by atoms with E-state index in [4.69, 9.17) is 10.00 Å². The molecular weight excluding hydrogens is 322 g/mol. The van der Waals surface area contributed by atoms with Crippen LogP contribution in [0.25, 0.3) is 10.2 Å². The summed E-state index contributed by atoms with van der Waals surface area (Å²) in [5, 5.41) is 12.2. The van der Waals surface area contributed by atoms with Gasteiger partial charge in [-0.25, -0.2) is 4.98 Å². The van der Waals surface area contributed by atoms with Crippen molar-refractivity contribution in [2.75, 3.05) is 12.4 Å². The molecule has 1 amide bonds. The number of hydrogen-bond acceptors (Lipinski definition) is 5. The Kier molecular flexibility index (Phi) is 4.73. The zero-order valence-electron chi connectivity index (χ0n) is 13.1. The second-order valence-electron chi connectivity index (χ2n) is 5.18. The Morgan fingerprint density at radius 2 is 2.08 bits per heavy atom. The van der Waals surface area contributed by atoms with Gasteiger partial charge in [-0.15, -0.1) is 0 Å². The highest BCUT2D eigenvalue weighted by Crippen LogP contribution is 2.32. The molecule has 24 heavy (non-hydrogen) atoms. The van der Waals surface area contributed by atoms with Gasteiger partial charge in [0, 0.05) is 6.42 Å². The molecule has 0 fully saturated rings. The monoisotopic (exact) mass is 337 g/mol. The lowest BCUT2D eigenvalue weighted by molar-refractivity contribution is -0.116. The Bertz CT molecular complexity index is 910. The maximum absolute atomic E-state index is 12.1. The molecular formula is C18H15N3O2S. The zero-order valence-corrected chi connectivity index (χ0v) is 13.9. The Hall–Kier alpha value is -2.91. The molecule has 0 aliphatic heterocycles. The molecule has 5 nitrogen and oxygen atoms in total. The number of nitrogens with zero attached hydrogens (tertiary/aromatic N) is 2. The predicted octanol–water partition coefficient (Wildman–Crippen LogP) is 3.75. The van der Waals surface area contributed by atoms with Crippen LogP contribution >= 0.6 is 11.3 Å². The van der Waals surface area contributed by atoms with Crippen LogP contribution in [0.15, 0.2) is 42.5 Å². The van der Waals surface area contributed by atoms with E-state index in [1.54, 1.807) is 19.2 Å². The number of ether oxygens (including phenoxy) is 1. The molecule has 0 aliphatic carbocycles. The summed E-state index contributed by atoms with van der Waals surface area (Å²) in [6.07, 6.45) is 0.977. The van der Waals surface area contributed by atoms with Gasteiger partial charge in [0.15, 0.2) is 5.13 Å². The third-order valence-corrected chi connectivity index (χ3v) is 4.51. The number of methoxy groups -OCH3 is 1. The van der Waals surface area contributed by atoms with Gasteiger partial charge in [0.1, 0.15) is 11.3 Å². The van der Waals surface area contributed by atoms with Gasteiger partial charge >= 0.3 is 0 Å². The first-order chi connectivity index (χ1) is 11.7. The number of carbonyl (C=O) groups excluding carboxylic acids is 1. The summed E-state index contributed by atoms with van der Waals surface area (Å²) < 4.78 is 6.25. The van der Waals surface area contributed by atoms with Crippen molar-refractivity contribution in [1.29, 1.82) is 5.26 Å². The molecule has 3 rings (SSSR count). The number of rotatable bonds is 5. The van der Waals surface area contributed by atoms with Gasteiger partial charge in [0.2, 0.25) is 5.91 Å². The lowest BCUT2D eigenvalue weighted by atomic mass is 10.1. The summed E-state index contributed by atoms with van der Waals surface area (Å²) in [6, 6.07) is 15.0. The number of para-hydroxylation sites is 1. The number of hydrogen-bond donors (Lipinski definition) is 1. The van der Waals surface area contributed by atoms with Crippen LogP contribution in [0, 0.1) is 11.3 Å². The molecule has 0 spiro atoms. The van der Waals surface area contributed by atoms with E-state index in [1.165, 1.54) is 11.3 Å². The van der Waals surface area contributed by atoms with Crippen molar-refractivity contribution >= 4 is 32.6 Å². The number of carbonyl (C=O) groups is 1. The van der Waals surface area contributed by atoms with E-state index < -0.39 is 0 Å². The number of nitrogens with one attached hydrogen (secondary N) is 1. The highest BCUT2D eigenvalue weighted by atomic mass is 32.1. The lowest BCUT2D eigenvalue weighted by Gasteiger charge is -2.02. The minimum absolute atomic E-state index is 0.0858. The van der Waals surface area contributed by atoms with Crippen LogP contribution in [0.1, 0.15) is 17.5 Å². The van der Waals surface area contributed by atoms with Crippen LogP contribution in [0.3, 0.4) is 0 Å². The van der Waals surface area contributed by atoms with Gasteiger partial charge in [-0.3, -0.25) is 4.79 Å². The predicted molar refractivity (Wildman–Crippen MR) is 94.3 cm³/mol. The first-order valence-electron chi connectivity index (χ1n) is 7.42. The third kappa shape index (κ3) is 3.53. The zero-order chi connectivity index (χ0) is 16.9. The van der Waals surface area contributed by atoms with E-state index in [2.05, 4.69) is 16.4 Å². The van der Waals surface area contributed by atoms with E-state index >= 15 is 0 Å². The van der Waals surface area contributed by atoms with Crippen molar-refractivity contribution in [2.45, 2.75) is 12.8 Å². The Labute approximate surface area is 143 Å². The third-order valence-electron chi connectivity index (χ3n) is 3.57. The number of thiazole rings is 1. The van der Waals surface area contributed by atoms with E-state index in [0.717, 1.165) is 15.8 Å². The van der Waals surface area contributed by atoms with Gasteiger partial charge in [-0.05, 0) is 36.2 Å². The van der Waals surface area contributed by atoms with Crippen LogP contribution in [0.4, 0.5) is 5.13 Å². The fraction of sp³-hybridized carbons (Fsp3) is 0.167. The maximum Gasteiger partial charge on any atom is 0.226 e. The van der Waals surface area contributed by atoms with E-state index in [0.29, 0.717) is 29.3 Å². The molecule has 3 aromatic rings. The average molecular weight is 337 g/mol. The van der Waals surface area contributed by atoms with Crippen molar-refractivity contribution in [3.8, 4) is 11.8 Å². The first kappa shape index (κ1) is 16.0. The summed E-state index contributed by atoms with van der Waals surface area (Å²) >= 11 is 1.42. The summed E-state index contributed by atoms with van der Waals surface area (Å²) in [7, 11) is 1.60. The number of fused-ring (bicyclic) bond motifs is 1. The van der Waals surface area contributed by atoms with Crippen LogP contribution < -0.4 is 10.1 Å². The summed E-state index contributed by atoms with van der Waals surface area (Å²) in [5.74, 6) is 0.610. The van der Waals surface area contributed by atoms with Gasteiger partial charge in [0.25, 0.3) is 0 Å². The van der Waals surface area contributed by atoms with Gasteiger partial charge in [0.05, 0.1) is 23.4 Å². The number of nitriles is 1. The quantitative estimate of drug-likeness (QED) is 0.769. The van der Waals surface area contributed by atoms with Crippen molar-refractivity contribution < 1.29 is 9.53 Å². The normalized spacial score (nSPS) is 10.3. The largest absolute Gasteiger partial charge is 0.494 e. The molecule has 1 aromatic heterocycles. The number of anilines is 1. The maximum atomic E-state index is 12.1. The molecule has 0 aliphatic rings. The molecule has 120 valence electrons. The highest BCUT2D eigenvalue weighted by molar-refractivity contribution is 7.22. The average Bonchev–Trinajstić information content (AvgIpc) is 3.02. The van der Waals surface area contributed by atoms with Gasteiger partial charge in [-0.1, -0.05) is 29.5 Å². The summed E-state index contributed by atoms with van der Waals surface area (Å²) in [6.45, 7) is 0. The Morgan fingerprint density at radius 1 is 1.29 bits per heavy atom. The molecule has 0 radical (unpaired) electrons. The minimum atomic E-state index is -0.0858.